The smallest absolute Gasteiger partial charge is 0.261 e. The number of carbonyl (C=O) groups is 1. The number of amides is 1. The van der Waals surface area contributed by atoms with E-state index < -0.39 is 0 Å². The van der Waals surface area contributed by atoms with Gasteiger partial charge in [-0.3, -0.25) is 4.79 Å². The van der Waals surface area contributed by atoms with Gasteiger partial charge in [0.2, 0.25) is 0 Å². The van der Waals surface area contributed by atoms with Crippen LogP contribution < -0.4 is 10.1 Å². The molecule has 1 aromatic carbocycles. The third-order valence-electron chi connectivity index (χ3n) is 3.79. The van der Waals surface area contributed by atoms with Crippen LogP contribution in [-0.4, -0.2) is 10.9 Å². The summed E-state index contributed by atoms with van der Waals surface area (Å²) in [6.07, 6.45) is 1.66. The van der Waals surface area contributed by atoms with E-state index in [0.29, 0.717) is 23.2 Å². The molecule has 0 radical (unpaired) electrons. The molecule has 0 spiro atoms. The summed E-state index contributed by atoms with van der Waals surface area (Å²) in [5, 5.41) is 3.35. The number of carbonyl (C=O) groups excluding carboxylic acids is 1. The molecule has 2 aromatic heterocycles. The Bertz CT molecular complexity index is 906. The normalized spacial score (nSPS) is 12.0. The largest absolute Gasteiger partial charge is 0.488 e. The molecule has 120 valence electrons. The SMILES string of the molecule is O=C(NCc1ccc(Cl)nc1)c1cc2c(s1)-c1ccccc1OC2. The predicted octanol–water partition coefficient (Wildman–Crippen LogP) is 4.29. The van der Waals surface area contributed by atoms with Crippen LogP contribution >= 0.6 is 22.9 Å². The number of nitrogens with one attached hydrogen (secondary N) is 1. The van der Waals surface area contributed by atoms with Crippen molar-refractivity contribution in [3.05, 3.63) is 69.8 Å². The number of nitrogens with zero attached hydrogens (tertiary/aromatic N) is 1. The molecule has 0 aliphatic carbocycles. The number of para-hydroxylation sites is 1. The number of fused-ring (bicyclic) bond motifs is 3. The molecule has 3 aromatic rings. The second-order valence-electron chi connectivity index (χ2n) is 5.42. The van der Waals surface area contributed by atoms with Gasteiger partial charge in [0, 0.05) is 28.7 Å². The van der Waals surface area contributed by atoms with E-state index in [0.717, 1.165) is 27.3 Å². The van der Waals surface area contributed by atoms with Crippen molar-refractivity contribution in [3.8, 4) is 16.2 Å². The predicted molar refractivity (Wildman–Crippen MR) is 94.5 cm³/mol. The zero-order valence-corrected chi connectivity index (χ0v) is 14.2. The van der Waals surface area contributed by atoms with Crippen LogP contribution in [0, 0.1) is 0 Å². The summed E-state index contributed by atoms with van der Waals surface area (Å²) < 4.78 is 5.74. The van der Waals surface area contributed by atoms with Crippen molar-refractivity contribution < 1.29 is 9.53 Å². The molecule has 24 heavy (non-hydrogen) atoms. The van der Waals surface area contributed by atoms with Crippen molar-refractivity contribution in [1.82, 2.24) is 10.3 Å². The fourth-order valence-electron chi connectivity index (χ4n) is 2.59. The molecule has 4 rings (SSSR count). The highest BCUT2D eigenvalue weighted by Crippen LogP contribution is 2.42. The first-order valence-corrected chi connectivity index (χ1v) is 8.64. The van der Waals surface area contributed by atoms with E-state index in [2.05, 4.69) is 10.3 Å². The maximum atomic E-state index is 12.4. The summed E-state index contributed by atoms with van der Waals surface area (Å²) in [4.78, 5) is 18.2. The average Bonchev–Trinajstić information content (AvgIpc) is 3.06. The summed E-state index contributed by atoms with van der Waals surface area (Å²) in [6, 6.07) is 13.4. The van der Waals surface area contributed by atoms with Crippen molar-refractivity contribution in [3.63, 3.8) is 0 Å². The maximum absolute atomic E-state index is 12.4. The van der Waals surface area contributed by atoms with Crippen LogP contribution in [-0.2, 0) is 13.2 Å². The lowest BCUT2D eigenvalue weighted by molar-refractivity contribution is 0.0955. The number of rotatable bonds is 3. The van der Waals surface area contributed by atoms with Gasteiger partial charge in [0.1, 0.15) is 17.5 Å². The van der Waals surface area contributed by atoms with Crippen LogP contribution in [0.15, 0.2) is 48.7 Å². The maximum Gasteiger partial charge on any atom is 0.261 e. The van der Waals surface area contributed by atoms with Crippen molar-refractivity contribution >= 4 is 28.8 Å². The van der Waals surface area contributed by atoms with E-state index in [1.54, 1.807) is 12.3 Å². The number of halogens is 1. The summed E-state index contributed by atoms with van der Waals surface area (Å²) in [5.41, 5.74) is 3.00. The van der Waals surface area contributed by atoms with Gasteiger partial charge in [0.15, 0.2) is 0 Å². The van der Waals surface area contributed by atoms with E-state index >= 15 is 0 Å². The third kappa shape index (κ3) is 2.88. The molecule has 0 saturated carbocycles. The van der Waals surface area contributed by atoms with Crippen molar-refractivity contribution in [1.29, 1.82) is 0 Å². The zero-order valence-electron chi connectivity index (χ0n) is 12.6. The number of hydrogen-bond donors (Lipinski definition) is 1. The summed E-state index contributed by atoms with van der Waals surface area (Å²) >= 11 is 7.26. The minimum atomic E-state index is -0.0955. The number of ether oxygens (including phenoxy) is 1. The van der Waals surface area contributed by atoms with E-state index in [-0.39, 0.29) is 5.91 Å². The second-order valence-corrected chi connectivity index (χ2v) is 6.86. The Balaban J connectivity index is 1.52. The molecule has 3 heterocycles. The molecular weight excluding hydrogens is 344 g/mol. The van der Waals surface area contributed by atoms with Crippen LogP contribution in [0.2, 0.25) is 5.15 Å². The molecule has 1 aliphatic rings. The highest BCUT2D eigenvalue weighted by Gasteiger charge is 2.22. The topological polar surface area (TPSA) is 51.2 Å². The van der Waals surface area contributed by atoms with Gasteiger partial charge in [-0.25, -0.2) is 4.98 Å². The lowest BCUT2D eigenvalue weighted by atomic mass is 10.1. The Morgan fingerprint density at radius 2 is 2.17 bits per heavy atom. The van der Waals surface area contributed by atoms with Gasteiger partial charge in [-0.2, -0.15) is 0 Å². The number of aromatic nitrogens is 1. The van der Waals surface area contributed by atoms with E-state index in [1.807, 2.05) is 36.4 Å². The molecule has 0 unspecified atom stereocenters. The van der Waals surface area contributed by atoms with E-state index in [4.69, 9.17) is 16.3 Å². The minimum absolute atomic E-state index is 0.0955. The fourth-order valence-corrected chi connectivity index (χ4v) is 3.82. The van der Waals surface area contributed by atoms with Crippen LogP contribution in [0.1, 0.15) is 20.8 Å². The monoisotopic (exact) mass is 356 g/mol. The number of hydrogen-bond acceptors (Lipinski definition) is 4. The van der Waals surface area contributed by atoms with Crippen molar-refractivity contribution in [2.24, 2.45) is 0 Å². The van der Waals surface area contributed by atoms with Crippen LogP contribution in [0.3, 0.4) is 0 Å². The standard InChI is InChI=1S/C18H13ClN2O2S/c19-16-6-5-11(8-20-16)9-21-18(22)15-7-12-10-23-14-4-2-1-3-13(14)17(12)24-15/h1-8H,9-10H2,(H,21,22). The van der Waals surface area contributed by atoms with E-state index in [1.165, 1.54) is 11.3 Å². The Morgan fingerprint density at radius 3 is 3.00 bits per heavy atom. The molecule has 0 saturated heterocycles. The Morgan fingerprint density at radius 1 is 1.29 bits per heavy atom. The zero-order chi connectivity index (χ0) is 16.5. The first-order chi connectivity index (χ1) is 11.7. The summed E-state index contributed by atoms with van der Waals surface area (Å²) in [5.74, 6) is 0.771. The molecule has 6 heteroatoms. The van der Waals surface area contributed by atoms with Crippen LogP contribution in [0.4, 0.5) is 0 Å². The molecule has 0 bridgehead atoms. The molecular formula is C18H13ClN2O2S. The molecule has 1 N–H and O–H groups in total. The second kappa shape index (κ2) is 6.26. The molecule has 4 nitrogen and oxygen atoms in total. The summed E-state index contributed by atoms with van der Waals surface area (Å²) in [6.45, 7) is 0.913. The quantitative estimate of drug-likeness (QED) is 0.712. The number of benzene rings is 1. The number of thiophene rings is 1. The van der Waals surface area contributed by atoms with Gasteiger partial charge in [-0.15, -0.1) is 11.3 Å². The van der Waals surface area contributed by atoms with Crippen LogP contribution in [0.5, 0.6) is 5.75 Å². The lowest BCUT2D eigenvalue weighted by Gasteiger charge is -2.16. The Labute approximate surface area is 148 Å². The van der Waals surface area contributed by atoms with Crippen LogP contribution in [0.25, 0.3) is 10.4 Å². The highest BCUT2D eigenvalue weighted by atomic mass is 35.5. The Hall–Kier alpha value is -2.37. The van der Waals surface area contributed by atoms with Gasteiger partial charge in [0.05, 0.1) is 4.88 Å². The molecule has 0 atom stereocenters. The highest BCUT2D eigenvalue weighted by molar-refractivity contribution is 7.17. The Kier molecular flexibility index (Phi) is 3.96. The minimum Gasteiger partial charge on any atom is -0.488 e. The lowest BCUT2D eigenvalue weighted by Crippen LogP contribution is -2.21. The van der Waals surface area contributed by atoms with E-state index in [9.17, 15) is 4.79 Å². The first-order valence-electron chi connectivity index (χ1n) is 7.44. The van der Waals surface area contributed by atoms with Gasteiger partial charge in [-0.05, 0) is 29.8 Å². The average molecular weight is 357 g/mol. The fraction of sp³-hybridized carbons (Fsp3) is 0.111. The van der Waals surface area contributed by atoms with Gasteiger partial charge >= 0.3 is 0 Å². The van der Waals surface area contributed by atoms with Crippen molar-refractivity contribution in [2.45, 2.75) is 13.2 Å². The number of pyridine rings is 1. The van der Waals surface area contributed by atoms with Crippen molar-refractivity contribution in [2.75, 3.05) is 0 Å². The third-order valence-corrected chi connectivity index (χ3v) is 5.22. The first kappa shape index (κ1) is 15.2. The van der Waals surface area contributed by atoms with Gasteiger partial charge < -0.3 is 10.1 Å². The van der Waals surface area contributed by atoms with Gasteiger partial charge in [-0.1, -0.05) is 29.8 Å². The molecule has 0 fully saturated rings. The van der Waals surface area contributed by atoms with Gasteiger partial charge in [0.25, 0.3) is 5.91 Å². The molecule has 1 aliphatic heterocycles. The molecule has 1 amide bonds. The summed E-state index contributed by atoms with van der Waals surface area (Å²) in [7, 11) is 0.